The Morgan fingerprint density at radius 1 is 1.27 bits per heavy atom. The number of hydrogen-bond acceptors (Lipinski definition) is 3. The maximum Gasteiger partial charge on any atom is 0.216 e. The highest BCUT2D eigenvalue weighted by Crippen LogP contribution is 2.41. The van der Waals surface area contributed by atoms with Crippen molar-refractivity contribution in [2.75, 3.05) is 6.54 Å². The van der Waals surface area contributed by atoms with Gasteiger partial charge < -0.3 is 15.1 Å². The maximum atomic E-state index is 5.61. The predicted molar refractivity (Wildman–Crippen MR) is 106 cm³/mol. The van der Waals surface area contributed by atoms with E-state index in [0.717, 1.165) is 30.4 Å². The summed E-state index contributed by atoms with van der Waals surface area (Å²) in [5, 5.41) is 6.85. The summed E-state index contributed by atoms with van der Waals surface area (Å²) in [5.74, 6) is 3.49. The average molecular weight is 354 g/mol. The molecule has 3 rings (SSSR count). The molecule has 2 atom stereocenters. The minimum Gasteiger partial charge on any atom is -0.444 e. The van der Waals surface area contributed by atoms with Gasteiger partial charge in [0, 0.05) is 18.5 Å². The second-order valence-electron chi connectivity index (χ2n) is 7.36. The second-order valence-corrected chi connectivity index (χ2v) is 7.36. The van der Waals surface area contributed by atoms with Crippen LogP contribution in [-0.4, -0.2) is 23.5 Å². The molecule has 0 radical (unpaired) electrons. The van der Waals surface area contributed by atoms with Gasteiger partial charge in [0.15, 0.2) is 5.96 Å². The number of oxazole rings is 1. The molecule has 140 valence electrons. The van der Waals surface area contributed by atoms with Gasteiger partial charge in [-0.15, -0.1) is 0 Å². The number of rotatable bonds is 6. The molecule has 0 saturated heterocycles. The van der Waals surface area contributed by atoms with Crippen LogP contribution in [0.3, 0.4) is 0 Å². The number of aromatic nitrogens is 1. The van der Waals surface area contributed by atoms with Crippen molar-refractivity contribution in [2.24, 2.45) is 4.99 Å². The number of aliphatic imine (C=N–C) groups is 1. The fourth-order valence-corrected chi connectivity index (χ4v) is 3.10. The van der Waals surface area contributed by atoms with Crippen molar-refractivity contribution in [1.82, 2.24) is 15.6 Å². The summed E-state index contributed by atoms with van der Waals surface area (Å²) in [7, 11) is 0. The Kier molecular flexibility index (Phi) is 5.64. The first-order chi connectivity index (χ1) is 12.5. The topological polar surface area (TPSA) is 62.5 Å². The number of nitrogens with one attached hydrogen (secondary N) is 2. The minimum absolute atomic E-state index is 0.436. The largest absolute Gasteiger partial charge is 0.444 e. The average Bonchev–Trinajstić information content (AvgIpc) is 3.31. The standard InChI is InChI=1S/C21H30N4O/c1-6-22-21(23-12-20-24-14(4)15(5)26-20)25-19-11-18(19)17-9-7-16(8-10-17)13(2)3/h7-10,13,18-19H,6,11-12H2,1-5H3,(H2,22,23,25). The molecule has 1 saturated carbocycles. The van der Waals surface area contributed by atoms with E-state index in [4.69, 9.17) is 4.42 Å². The summed E-state index contributed by atoms with van der Waals surface area (Å²) in [4.78, 5) is 9.01. The van der Waals surface area contributed by atoms with Gasteiger partial charge in [-0.3, -0.25) is 0 Å². The SMILES string of the molecule is CCNC(=NCc1nc(C)c(C)o1)NC1CC1c1ccc(C(C)C)cc1. The van der Waals surface area contributed by atoms with Gasteiger partial charge in [-0.25, -0.2) is 9.98 Å². The van der Waals surface area contributed by atoms with Gasteiger partial charge in [0.05, 0.1) is 5.69 Å². The molecule has 1 aliphatic carbocycles. The molecule has 1 aromatic heterocycles. The zero-order valence-corrected chi connectivity index (χ0v) is 16.5. The van der Waals surface area contributed by atoms with Gasteiger partial charge in [0.25, 0.3) is 0 Å². The van der Waals surface area contributed by atoms with E-state index >= 15 is 0 Å². The van der Waals surface area contributed by atoms with Gasteiger partial charge in [-0.2, -0.15) is 0 Å². The summed E-state index contributed by atoms with van der Waals surface area (Å²) < 4.78 is 5.61. The first kappa shape index (κ1) is 18.5. The van der Waals surface area contributed by atoms with Gasteiger partial charge in [-0.1, -0.05) is 38.1 Å². The smallest absolute Gasteiger partial charge is 0.216 e. The third kappa shape index (κ3) is 4.45. The Morgan fingerprint density at radius 3 is 2.58 bits per heavy atom. The number of benzene rings is 1. The Hall–Kier alpha value is -2.30. The first-order valence-corrected chi connectivity index (χ1v) is 9.55. The fourth-order valence-electron chi connectivity index (χ4n) is 3.10. The van der Waals surface area contributed by atoms with E-state index in [0.29, 0.717) is 30.3 Å². The normalized spacial score (nSPS) is 19.7. The van der Waals surface area contributed by atoms with Crippen molar-refractivity contribution < 1.29 is 4.42 Å². The quantitative estimate of drug-likeness (QED) is 0.607. The molecular weight excluding hydrogens is 324 g/mol. The molecule has 1 aromatic carbocycles. The number of aryl methyl sites for hydroxylation is 2. The molecule has 1 aliphatic rings. The summed E-state index contributed by atoms with van der Waals surface area (Å²) in [6.45, 7) is 11.7. The van der Waals surface area contributed by atoms with E-state index in [9.17, 15) is 0 Å². The van der Waals surface area contributed by atoms with Gasteiger partial charge in [-0.05, 0) is 44.2 Å². The lowest BCUT2D eigenvalue weighted by Gasteiger charge is -2.11. The van der Waals surface area contributed by atoms with E-state index in [2.05, 4.69) is 65.6 Å². The van der Waals surface area contributed by atoms with Crippen molar-refractivity contribution in [3.05, 3.63) is 52.7 Å². The Balaban J connectivity index is 1.59. The zero-order valence-electron chi connectivity index (χ0n) is 16.5. The number of nitrogens with zero attached hydrogens (tertiary/aromatic N) is 2. The first-order valence-electron chi connectivity index (χ1n) is 9.55. The van der Waals surface area contributed by atoms with Crippen LogP contribution in [0.1, 0.15) is 67.5 Å². The fraction of sp³-hybridized carbons (Fsp3) is 0.524. The van der Waals surface area contributed by atoms with Crippen LogP contribution < -0.4 is 10.6 Å². The molecule has 5 heteroatoms. The lowest BCUT2D eigenvalue weighted by molar-refractivity contribution is 0.472. The van der Waals surface area contributed by atoms with E-state index in [1.807, 2.05) is 13.8 Å². The monoisotopic (exact) mass is 354 g/mol. The van der Waals surface area contributed by atoms with E-state index in [-0.39, 0.29) is 0 Å². The molecule has 1 heterocycles. The summed E-state index contributed by atoms with van der Waals surface area (Å²) in [6.07, 6.45) is 1.14. The summed E-state index contributed by atoms with van der Waals surface area (Å²) >= 11 is 0. The highest BCUT2D eigenvalue weighted by Gasteiger charge is 2.39. The molecule has 2 unspecified atom stereocenters. The van der Waals surface area contributed by atoms with Crippen LogP contribution in [0.15, 0.2) is 33.7 Å². The van der Waals surface area contributed by atoms with Crippen molar-refractivity contribution in [3.63, 3.8) is 0 Å². The number of hydrogen-bond donors (Lipinski definition) is 2. The van der Waals surface area contributed by atoms with Crippen LogP contribution in [0.2, 0.25) is 0 Å². The van der Waals surface area contributed by atoms with E-state index in [1.54, 1.807) is 0 Å². The third-order valence-electron chi connectivity index (χ3n) is 4.93. The Morgan fingerprint density at radius 2 is 2.00 bits per heavy atom. The molecule has 26 heavy (non-hydrogen) atoms. The van der Waals surface area contributed by atoms with Crippen molar-refractivity contribution in [1.29, 1.82) is 0 Å². The summed E-state index contributed by atoms with van der Waals surface area (Å²) in [5.41, 5.74) is 3.73. The third-order valence-corrected chi connectivity index (χ3v) is 4.93. The van der Waals surface area contributed by atoms with Crippen molar-refractivity contribution >= 4 is 5.96 Å². The van der Waals surface area contributed by atoms with Gasteiger partial charge >= 0.3 is 0 Å². The van der Waals surface area contributed by atoms with Crippen molar-refractivity contribution in [3.8, 4) is 0 Å². The van der Waals surface area contributed by atoms with Gasteiger partial charge in [0.2, 0.25) is 5.89 Å². The lowest BCUT2D eigenvalue weighted by atomic mass is 10.0. The van der Waals surface area contributed by atoms with Crippen LogP contribution in [0.5, 0.6) is 0 Å². The van der Waals surface area contributed by atoms with E-state index in [1.165, 1.54) is 11.1 Å². The molecule has 0 amide bonds. The maximum absolute atomic E-state index is 5.61. The van der Waals surface area contributed by atoms with Crippen LogP contribution >= 0.6 is 0 Å². The predicted octanol–water partition coefficient (Wildman–Crippen LogP) is 4.03. The molecule has 0 spiro atoms. The molecule has 2 aromatic rings. The number of guanidine groups is 1. The Labute approximate surface area is 156 Å². The highest BCUT2D eigenvalue weighted by molar-refractivity contribution is 5.80. The zero-order chi connectivity index (χ0) is 18.7. The molecule has 2 N–H and O–H groups in total. The molecular formula is C21H30N4O. The van der Waals surface area contributed by atoms with Gasteiger partial charge in [0.1, 0.15) is 12.3 Å². The molecule has 1 fully saturated rings. The van der Waals surface area contributed by atoms with Crippen LogP contribution in [0.4, 0.5) is 0 Å². The molecule has 0 aliphatic heterocycles. The van der Waals surface area contributed by atoms with Crippen molar-refractivity contribution in [2.45, 2.75) is 65.5 Å². The summed E-state index contributed by atoms with van der Waals surface area (Å²) in [6, 6.07) is 9.48. The second kappa shape index (κ2) is 7.94. The molecule has 5 nitrogen and oxygen atoms in total. The molecule has 0 bridgehead atoms. The van der Waals surface area contributed by atoms with Crippen LogP contribution in [-0.2, 0) is 6.54 Å². The highest BCUT2D eigenvalue weighted by atomic mass is 16.4. The van der Waals surface area contributed by atoms with Crippen LogP contribution in [0.25, 0.3) is 0 Å². The lowest BCUT2D eigenvalue weighted by Crippen LogP contribution is -2.39. The van der Waals surface area contributed by atoms with Crippen LogP contribution in [0, 0.1) is 13.8 Å². The minimum atomic E-state index is 0.436. The van der Waals surface area contributed by atoms with E-state index < -0.39 is 0 Å². The Bertz CT molecular complexity index is 741.